The van der Waals surface area contributed by atoms with Crippen LogP contribution < -0.4 is 5.56 Å². The van der Waals surface area contributed by atoms with Crippen LogP contribution in [0.5, 0.6) is 0 Å². The molecule has 0 bridgehead atoms. The first-order chi connectivity index (χ1) is 9.70. The Labute approximate surface area is 119 Å². The standard InChI is InChI=1S/C13H13ClN4O2/c14-9-5-11(19)18(13(15-9)8-3-4-8)6-10-16-12(17-20-10)7-1-2-7/h5,7-8H,1-4,6H2. The monoisotopic (exact) mass is 292 g/mol. The van der Waals surface area contributed by atoms with Crippen LogP contribution in [0.3, 0.4) is 0 Å². The lowest BCUT2D eigenvalue weighted by Gasteiger charge is -2.08. The maximum absolute atomic E-state index is 12.1. The Hall–Kier alpha value is -1.69. The van der Waals surface area contributed by atoms with Crippen LogP contribution in [-0.2, 0) is 6.54 Å². The van der Waals surface area contributed by atoms with Crippen molar-refractivity contribution in [2.45, 2.75) is 44.1 Å². The highest BCUT2D eigenvalue weighted by atomic mass is 35.5. The molecule has 2 heterocycles. The summed E-state index contributed by atoms with van der Waals surface area (Å²) in [4.78, 5) is 20.7. The molecule has 0 atom stereocenters. The van der Waals surface area contributed by atoms with Gasteiger partial charge in [-0.25, -0.2) is 4.98 Å². The summed E-state index contributed by atoms with van der Waals surface area (Å²) in [6.45, 7) is 0.272. The van der Waals surface area contributed by atoms with Crippen molar-refractivity contribution in [3.05, 3.63) is 39.1 Å². The van der Waals surface area contributed by atoms with Crippen molar-refractivity contribution >= 4 is 11.6 Å². The molecule has 0 saturated heterocycles. The van der Waals surface area contributed by atoms with Crippen LogP contribution in [0.2, 0.25) is 5.15 Å². The number of hydrogen-bond acceptors (Lipinski definition) is 5. The summed E-state index contributed by atoms with van der Waals surface area (Å²) in [6.07, 6.45) is 4.33. The molecule has 20 heavy (non-hydrogen) atoms. The van der Waals surface area contributed by atoms with Gasteiger partial charge < -0.3 is 4.52 Å². The van der Waals surface area contributed by atoms with E-state index in [0.717, 1.165) is 37.3 Å². The molecular formula is C13H13ClN4O2. The second kappa shape index (κ2) is 4.41. The van der Waals surface area contributed by atoms with Crippen molar-refractivity contribution < 1.29 is 4.52 Å². The number of rotatable bonds is 4. The van der Waals surface area contributed by atoms with Crippen LogP contribution in [0, 0.1) is 0 Å². The summed E-state index contributed by atoms with van der Waals surface area (Å²) in [5, 5.41) is 4.21. The van der Waals surface area contributed by atoms with Crippen LogP contribution in [0.1, 0.15) is 55.1 Å². The number of aromatic nitrogens is 4. The van der Waals surface area contributed by atoms with Crippen molar-refractivity contribution in [2.75, 3.05) is 0 Å². The predicted octanol–water partition coefficient (Wildman–Crippen LogP) is 2.08. The van der Waals surface area contributed by atoms with Gasteiger partial charge in [0.2, 0.25) is 5.89 Å². The smallest absolute Gasteiger partial charge is 0.255 e. The zero-order chi connectivity index (χ0) is 13.7. The van der Waals surface area contributed by atoms with Crippen molar-refractivity contribution in [3.8, 4) is 0 Å². The SMILES string of the molecule is O=c1cc(Cl)nc(C2CC2)n1Cc1nc(C2CC2)no1. The summed E-state index contributed by atoms with van der Waals surface area (Å²) in [5.41, 5.74) is -0.168. The fourth-order valence-electron chi connectivity index (χ4n) is 2.28. The van der Waals surface area contributed by atoms with E-state index in [-0.39, 0.29) is 17.3 Å². The van der Waals surface area contributed by atoms with Crippen molar-refractivity contribution in [1.29, 1.82) is 0 Å². The molecule has 2 aromatic heterocycles. The predicted molar refractivity (Wildman–Crippen MR) is 70.9 cm³/mol. The quantitative estimate of drug-likeness (QED) is 0.807. The molecule has 2 aromatic rings. The first kappa shape index (κ1) is 12.1. The molecule has 104 valence electrons. The molecule has 0 aliphatic heterocycles. The summed E-state index contributed by atoms with van der Waals surface area (Å²) in [7, 11) is 0. The van der Waals surface area contributed by atoms with Gasteiger partial charge in [-0.15, -0.1) is 0 Å². The fraction of sp³-hybridized carbons (Fsp3) is 0.538. The molecule has 0 unspecified atom stereocenters. The maximum Gasteiger partial charge on any atom is 0.255 e. The van der Waals surface area contributed by atoms with Gasteiger partial charge >= 0.3 is 0 Å². The molecule has 0 radical (unpaired) electrons. The molecule has 2 aliphatic carbocycles. The Morgan fingerprint density at radius 1 is 1.25 bits per heavy atom. The molecule has 2 saturated carbocycles. The van der Waals surface area contributed by atoms with Crippen LogP contribution in [-0.4, -0.2) is 19.7 Å². The molecule has 0 amide bonds. The van der Waals surface area contributed by atoms with Crippen LogP contribution in [0.25, 0.3) is 0 Å². The van der Waals surface area contributed by atoms with Gasteiger partial charge in [-0.2, -0.15) is 4.98 Å². The van der Waals surface area contributed by atoms with E-state index in [2.05, 4.69) is 15.1 Å². The third-order valence-electron chi connectivity index (χ3n) is 3.67. The molecule has 7 heteroatoms. The maximum atomic E-state index is 12.1. The molecular weight excluding hydrogens is 280 g/mol. The second-order valence-electron chi connectivity index (χ2n) is 5.46. The fourth-order valence-corrected chi connectivity index (χ4v) is 2.46. The average molecular weight is 293 g/mol. The van der Waals surface area contributed by atoms with E-state index in [1.54, 1.807) is 4.57 Å². The molecule has 2 aliphatic rings. The van der Waals surface area contributed by atoms with E-state index in [1.165, 1.54) is 6.07 Å². The van der Waals surface area contributed by atoms with E-state index in [4.69, 9.17) is 16.1 Å². The molecule has 0 spiro atoms. The van der Waals surface area contributed by atoms with E-state index in [1.807, 2.05) is 0 Å². The van der Waals surface area contributed by atoms with Crippen LogP contribution in [0.4, 0.5) is 0 Å². The van der Waals surface area contributed by atoms with Gasteiger partial charge in [-0.1, -0.05) is 16.8 Å². The number of nitrogens with zero attached hydrogens (tertiary/aromatic N) is 4. The summed E-state index contributed by atoms with van der Waals surface area (Å²) < 4.78 is 6.82. The Balaban J connectivity index is 1.68. The van der Waals surface area contributed by atoms with Gasteiger partial charge in [-0.3, -0.25) is 9.36 Å². The summed E-state index contributed by atoms with van der Waals surface area (Å²) in [6, 6.07) is 1.33. The lowest BCUT2D eigenvalue weighted by atomic mass is 10.3. The van der Waals surface area contributed by atoms with Gasteiger partial charge in [0.25, 0.3) is 5.56 Å². The topological polar surface area (TPSA) is 73.8 Å². The third-order valence-corrected chi connectivity index (χ3v) is 3.86. The van der Waals surface area contributed by atoms with Crippen LogP contribution >= 0.6 is 11.6 Å². The van der Waals surface area contributed by atoms with Crippen molar-refractivity contribution in [2.24, 2.45) is 0 Å². The van der Waals surface area contributed by atoms with Gasteiger partial charge in [0.05, 0.1) is 0 Å². The van der Waals surface area contributed by atoms with Crippen LogP contribution in [0.15, 0.2) is 15.4 Å². The van der Waals surface area contributed by atoms with E-state index < -0.39 is 0 Å². The summed E-state index contributed by atoms with van der Waals surface area (Å²) >= 11 is 5.88. The number of hydrogen-bond donors (Lipinski definition) is 0. The minimum atomic E-state index is -0.168. The first-order valence-corrected chi connectivity index (χ1v) is 7.18. The molecule has 6 nitrogen and oxygen atoms in total. The second-order valence-corrected chi connectivity index (χ2v) is 5.84. The Bertz CT molecular complexity index is 715. The van der Waals surface area contributed by atoms with Gasteiger partial charge in [-0.05, 0) is 25.7 Å². The average Bonchev–Trinajstić information content (AvgIpc) is 3.31. The zero-order valence-corrected chi connectivity index (χ0v) is 11.5. The molecule has 2 fully saturated rings. The molecule has 0 N–H and O–H groups in total. The van der Waals surface area contributed by atoms with Crippen molar-refractivity contribution in [3.63, 3.8) is 0 Å². The highest BCUT2D eigenvalue weighted by Gasteiger charge is 2.31. The van der Waals surface area contributed by atoms with E-state index in [9.17, 15) is 4.79 Å². The minimum absolute atomic E-state index is 0.168. The highest BCUT2D eigenvalue weighted by Crippen LogP contribution is 2.39. The largest absolute Gasteiger partial charge is 0.337 e. The lowest BCUT2D eigenvalue weighted by Crippen LogP contribution is -2.24. The normalized spacial score (nSPS) is 18.4. The molecule has 4 rings (SSSR count). The van der Waals surface area contributed by atoms with E-state index in [0.29, 0.717) is 17.7 Å². The van der Waals surface area contributed by atoms with Gasteiger partial charge in [0.15, 0.2) is 5.82 Å². The Morgan fingerprint density at radius 2 is 2.00 bits per heavy atom. The third kappa shape index (κ3) is 2.24. The number of halogens is 1. The van der Waals surface area contributed by atoms with Crippen molar-refractivity contribution in [1.82, 2.24) is 19.7 Å². The minimum Gasteiger partial charge on any atom is -0.337 e. The zero-order valence-electron chi connectivity index (χ0n) is 10.8. The lowest BCUT2D eigenvalue weighted by molar-refractivity contribution is 0.362. The Morgan fingerprint density at radius 3 is 2.70 bits per heavy atom. The van der Waals surface area contributed by atoms with Gasteiger partial charge in [0, 0.05) is 17.9 Å². The Kier molecular flexibility index (Phi) is 2.66. The van der Waals surface area contributed by atoms with E-state index >= 15 is 0 Å². The first-order valence-electron chi connectivity index (χ1n) is 6.80. The van der Waals surface area contributed by atoms with Gasteiger partial charge in [0.1, 0.15) is 17.5 Å². The molecule has 0 aromatic carbocycles. The summed E-state index contributed by atoms with van der Waals surface area (Å²) in [5.74, 6) is 2.71. The highest BCUT2D eigenvalue weighted by molar-refractivity contribution is 6.29.